The van der Waals surface area contributed by atoms with Crippen LogP contribution in [0.15, 0.2) is 66.7 Å². The number of methoxy groups -OCH3 is 1. The van der Waals surface area contributed by atoms with Crippen molar-refractivity contribution in [3.8, 4) is 11.5 Å². The number of benzene rings is 3. The van der Waals surface area contributed by atoms with E-state index in [-0.39, 0.29) is 13.2 Å². The molecule has 0 heterocycles. The molecule has 0 fully saturated rings. The summed E-state index contributed by atoms with van der Waals surface area (Å²) < 4.78 is 49.5. The number of carbonyl (C=O) groups excluding carboxylic acids is 1. The number of amides is 1. The fourth-order valence-corrected chi connectivity index (χ4v) is 4.10. The van der Waals surface area contributed by atoms with Crippen molar-refractivity contribution in [2.24, 2.45) is 0 Å². The van der Waals surface area contributed by atoms with Crippen molar-refractivity contribution >= 4 is 38.9 Å². The summed E-state index contributed by atoms with van der Waals surface area (Å²) in [6, 6.07) is 16.7. The molecule has 10 heteroatoms. The van der Waals surface area contributed by atoms with Crippen LogP contribution in [0, 0.1) is 5.82 Å². The highest BCUT2D eigenvalue weighted by Gasteiger charge is 2.18. The van der Waals surface area contributed by atoms with Crippen molar-refractivity contribution in [2.45, 2.75) is 6.54 Å². The van der Waals surface area contributed by atoms with E-state index in [1.807, 2.05) is 0 Å². The number of hydrogen-bond donors (Lipinski definition) is 1. The standard InChI is InChI=1S/C23H22ClFN2O5S/c1-31-22-12-7-18(13-21(22)24)26-23(28)15-32-20-10-8-19(9-11-20)27(33(2,29)30)14-16-3-5-17(25)6-4-16/h3-13H,14-15H2,1-2H3,(H,26,28). The largest absolute Gasteiger partial charge is 0.495 e. The summed E-state index contributed by atoms with van der Waals surface area (Å²) in [5.41, 5.74) is 1.54. The number of sulfonamides is 1. The predicted molar refractivity (Wildman–Crippen MR) is 126 cm³/mol. The smallest absolute Gasteiger partial charge is 0.262 e. The first-order valence-corrected chi connectivity index (χ1v) is 12.0. The Hall–Kier alpha value is -3.30. The Bertz CT molecular complexity index is 1220. The van der Waals surface area contributed by atoms with Crippen molar-refractivity contribution in [3.05, 3.63) is 83.1 Å². The molecule has 0 saturated carbocycles. The lowest BCUT2D eigenvalue weighted by atomic mass is 10.2. The fraction of sp³-hybridized carbons (Fsp3) is 0.174. The van der Waals surface area contributed by atoms with E-state index in [0.29, 0.717) is 33.5 Å². The molecule has 33 heavy (non-hydrogen) atoms. The van der Waals surface area contributed by atoms with Gasteiger partial charge < -0.3 is 14.8 Å². The molecule has 0 aliphatic heterocycles. The molecule has 3 aromatic carbocycles. The van der Waals surface area contributed by atoms with Gasteiger partial charge in [-0.3, -0.25) is 9.10 Å². The van der Waals surface area contributed by atoms with Crippen LogP contribution in [0.25, 0.3) is 0 Å². The van der Waals surface area contributed by atoms with Crippen LogP contribution in [-0.2, 0) is 21.4 Å². The Morgan fingerprint density at radius 1 is 1.06 bits per heavy atom. The van der Waals surface area contributed by atoms with Crippen LogP contribution in [0.4, 0.5) is 15.8 Å². The number of halogens is 2. The van der Waals surface area contributed by atoms with E-state index in [2.05, 4.69) is 5.32 Å². The van der Waals surface area contributed by atoms with Gasteiger partial charge in [0.15, 0.2) is 6.61 Å². The summed E-state index contributed by atoms with van der Waals surface area (Å²) in [4.78, 5) is 12.2. The van der Waals surface area contributed by atoms with Crippen LogP contribution in [0.2, 0.25) is 5.02 Å². The minimum Gasteiger partial charge on any atom is -0.495 e. The van der Waals surface area contributed by atoms with Gasteiger partial charge in [0, 0.05) is 5.69 Å². The summed E-state index contributed by atoms with van der Waals surface area (Å²) in [6.45, 7) is -0.208. The Morgan fingerprint density at radius 2 is 1.73 bits per heavy atom. The zero-order valence-electron chi connectivity index (χ0n) is 17.9. The first-order valence-electron chi connectivity index (χ1n) is 9.74. The summed E-state index contributed by atoms with van der Waals surface area (Å²) in [5.74, 6) is 0.0881. The van der Waals surface area contributed by atoms with Crippen LogP contribution in [0.5, 0.6) is 11.5 Å². The molecule has 7 nitrogen and oxygen atoms in total. The van der Waals surface area contributed by atoms with E-state index in [1.165, 1.54) is 35.7 Å². The average molecular weight is 493 g/mol. The van der Waals surface area contributed by atoms with E-state index in [1.54, 1.807) is 42.5 Å². The molecule has 0 saturated heterocycles. The third-order valence-corrected chi connectivity index (χ3v) is 6.01. The van der Waals surface area contributed by atoms with E-state index < -0.39 is 21.7 Å². The lowest BCUT2D eigenvalue weighted by Gasteiger charge is -2.22. The van der Waals surface area contributed by atoms with Gasteiger partial charge in [0.05, 0.1) is 30.6 Å². The molecule has 3 rings (SSSR count). The van der Waals surface area contributed by atoms with Crippen LogP contribution < -0.4 is 19.1 Å². The number of nitrogens with zero attached hydrogens (tertiary/aromatic N) is 1. The van der Waals surface area contributed by atoms with Gasteiger partial charge >= 0.3 is 0 Å². The number of hydrogen-bond acceptors (Lipinski definition) is 5. The SMILES string of the molecule is COc1ccc(NC(=O)COc2ccc(N(Cc3ccc(F)cc3)S(C)(=O)=O)cc2)cc1Cl. The monoisotopic (exact) mass is 492 g/mol. The fourth-order valence-electron chi connectivity index (χ4n) is 2.95. The number of anilines is 2. The van der Waals surface area contributed by atoms with Crippen LogP contribution in [-0.4, -0.2) is 34.3 Å². The molecule has 1 N–H and O–H groups in total. The lowest BCUT2D eigenvalue weighted by Crippen LogP contribution is -2.29. The molecule has 0 unspecified atom stereocenters. The van der Waals surface area contributed by atoms with Gasteiger partial charge in [0.2, 0.25) is 10.0 Å². The average Bonchev–Trinajstić information content (AvgIpc) is 2.77. The van der Waals surface area contributed by atoms with Gasteiger partial charge in [0.25, 0.3) is 5.91 Å². The second kappa shape index (κ2) is 10.5. The summed E-state index contributed by atoms with van der Waals surface area (Å²) in [5, 5.41) is 3.03. The zero-order chi connectivity index (χ0) is 24.0. The van der Waals surface area contributed by atoms with Gasteiger partial charge in [-0.2, -0.15) is 0 Å². The predicted octanol–water partition coefficient (Wildman–Crippen LogP) is 4.47. The minimum atomic E-state index is -3.59. The zero-order valence-corrected chi connectivity index (χ0v) is 19.5. The van der Waals surface area contributed by atoms with Crippen LogP contribution in [0.1, 0.15) is 5.56 Å². The topological polar surface area (TPSA) is 84.9 Å². The van der Waals surface area contributed by atoms with E-state index >= 15 is 0 Å². The maximum atomic E-state index is 13.1. The second-order valence-electron chi connectivity index (χ2n) is 7.08. The van der Waals surface area contributed by atoms with Crippen molar-refractivity contribution in [3.63, 3.8) is 0 Å². The summed E-state index contributed by atoms with van der Waals surface area (Å²) >= 11 is 6.05. The molecule has 0 aliphatic carbocycles. The summed E-state index contributed by atoms with van der Waals surface area (Å²) in [7, 11) is -2.10. The van der Waals surface area contributed by atoms with Gasteiger partial charge in [-0.1, -0.05) is 23.7 Å². The Kier molecular flexibility index (Phi) is 7.78. The highest BCUT2D eigenvalue weighted by molar-refractivity contribution is 7.92. The Morgan fingerprint density at radius 3 is 2.30 bits per heavy atom. The van der Waals surface area contributed by atoms with Gasteiger partial charge in [-0.05, 0) is 60.2 Å². The highest BCUT2D eigenvalue weighted by atomic mass is 35.5. The van der Waals surface area contributed by atoms with Crippen LogP contribution in [0.3, 0.4) is 0 Å². The molecule has 0 spiro atoms. The first kappa shape index (κ1) is 24.3. The lowest BCUT2D eigenvalue weighted by molar-refractivity contribution is -0.118. The van der Waals surface area contributed by atoms with Crippen molar-refractivity contribution in [1.29, 1.82) is 0 Å². The van der Waals surface area contributed by atoms with Gasteiger partial charge in [0.1, 0.15) is 17.3 Å². The van der Waals surface area contributed by atoms with Crippen molar-refractivity contribution in [1.82, 2.24) is 0 Å². The number of rotatable bonds is 9. The minimum absolute atomic E-state index is 0.0478. The third kappa shape index (κ3) is 6.84. The molecule has 0 radical (unpaired) electrons. The van der Waals surface area contributed by atoms with E-state index in [0.717, 1.165) is 6.26 Å². The Balaban J connectivity index is 1.62. The van der Waals surface area contributed by atoms with E-state index in [4.69, 9.17) is 21.1 Å². The molecular weight excluding hydrogens is 471 g/mol. The summed E-state index contributed by atoms with van der Waals surface area (Å²) in [6.07, 6.45) is 1.09. The molecule has 174 valence electrons. The van der Waals surface area contributed by atoms with E-state index in [9.17, 15) is 17.6 Å². The second-order valence-corrected chi connectivity index (χ2v) is 9.39. The highest BCUT2D eigenvalue weighted by Crippen LogP contribution is 2.27. The number of ether oxygens (including phenoxy) is 2. The molecule has 0 aromatic heterocycles. The quantitative estimate of drug-likeness (QED) is 0.476. The van der Waals surface area contributed by atoms with Crippen molar-refractivity contribution < 1.29 is 27.1 Å². The number of nitrogens with one attached hydrogen (secondary N) is 1. The molecule has 0 bridgehead atoms. The molecule has 3 aromatic rings. The van der Waals surface area contributed by atoms with Gasteiger partial charge in [-0.25, -0.2) is 12.8 Å². The maximum absolute atomic E-state index is 13.1. The molecule has 0 atom stereocenters. The maximum Gasteiger partial charge on any atom is 0.262 e. The molecule has 0 aliphatic rings. The first-order chi connectivity index (χ1) is 15.7. The molecular formula is C23H22ClFN2O5S. The van der Waals surface area contributed by atoms with Gasteiger partial charge in [-0.15, -0.1) is 0 Å². The Labute approximate surface area is 196 Å². The normalized spacial score (nSPS) is 11.0. The van der Waals surface area contributed by atoms with Crippen LogP contribution >= 0.6 is 11.6 Å². The number of carbonyl (C=O) groups is 1. The molecule has 1 amide bonds. The third-order valence-electron chi connectivity index (χ3n) is 4.57. The van der Waals surface area contributed by atoms with Crippen molar-refractivity contribution in [2.75, 3.05) is 29.6 Å².